The number of rotatable bonds is 6. The largest absolute Gasteiger partial charge is 0.484 e. The van der Waals surface area contributed by atoms with Crippen LogP contribution >= 0.6 is 15.9 Å². The molecule has 0 spiro atoms. The molecule has 0 radical (unpaired) electrons. The Kier molecular flexibility index (Phi) is 6.74. The summed E-state index contributed by atoms with van der Waals surface area (Å²) >= 11 is 3.38. The van der Waals surface area contributed by atoms with Crippen molar-refractivity contribution in [1.82, 2.24) is 4.90 Å². The molecule has 27 heavy (non-hydrogen) atoms. The maximum atomic E-state index is 12.2. The third-order valence-electron chi connectivity index (χ3n) is 4.85. The number of nitrogens with zero attached hydrogens (tertiary/aromatic N) is 2. The topological polar surface area (TPSA) is 44.8 Å². The fourth-order valence-electron chi connectivity index (χ4n) is 3.17. The number of carbonyl (C=O) groups is 1. The van der Waals surface area contributed by atoms with E-state index < -0.39 is 0 Å². The van der Waals surface area contributed by atoms with E-state index in [2.05, 4.69) is 50.1 Å². The normalized spacial score (nSPS) is 14.9. The van der Waals surface area contributed by atoms with E-state index in [9.17, 15) is 4.79 Å². The molecule has 6 heteroatoms. The number of nitrogens with one attached hydrogen (secondary N) is 1. The minimum absolute atomic E-state index is 0.0121. The summed E-state index contributed by atoms with van der Waals surface area (Å²) in [5, 5.41) is 2.94. The first-order chi connectivity index (χ1) is 13.0. The molecule has 0 saturated carbocycles. The van der Waals surface area contributed by atoms with Crippen LogP contribution in [0.25, 0.3) is 0 Å². The second kappa shape index (κ2) is 9.24. The molecule has 0 atom stereocenters. The molecule has 1 aliphatic heterocycles. The highest BCUT2D eigenvalue weighted by Gasteiger charge is 2.16. The third kappa shape index (κ3) is 5.47. The molecule has 1 N–H and O–H groups in total. The average Bonchev–Trinajstić information content (AvgIpc) is 2.69. The van der Waals surface area contributed by atoms with Crippen LogP contribution in [0.1, 0.15) is 12.5 Å². The number of piperazine rings is 1. The minimum Gasteiger partial charge on any atom is -0.484 e. The summed E-state index contributed by atoms with van der Waals surface area (Å²) in [7, 11) is 0. The van der Waals surface area contributed by atoms with Gasteiger partial charge in [0, 0.05) is 42.0 Å². The molecule has 1 fully saturated rings. The molecule has 0 aromatic heterocycles. The summed E-state index contributed by atoms with van der Waals surface area (Å²) in [6.07, 6.45) is 0. The van der Waals surface area contributed by atoms with Crippen LogP contribution < -0.4 is 15.0 Å². The van der Waals surface area contributed by atoms with Crippen LogP contribution in [0.3, 0.4) is 0 Å². The van der Waals surface area contributed by atoms with Gasteiger partial charge in [0.15, 0.2) is 6.61 Å². The number of hydrogen-bond donors (Lipinski definition) is 1. The fraction of sp³-hybridized carbons (Fsp3) is 0.381. The number of likely N-dealkylation sites (N-methyl/N-ethyl adjacent to an activating group) is 1. The Morgan fingerprint density at radius 1 is 1.11 bits per heavy atom. The van der Waals surface area contributed by atoms with Crippen molar-refractivity contribution >= 4 is 33.2 Å². The van der Waals surface area contributed by atoms with Crippen LogP contribution in [-0.2, 0) is 4.79 Å². The third-order valence-corrected chi connectivity index (χ3v) is 5.38. The van der Waals surface area contributed by atoms with Crippen molar-refractivity contribution in [1.29, 1.82) is 0 Å². The summed E-state index contributed by atoms with van der Waals surface area (Å²) in [4.78, 5) is 17.1. The Labute approximate surface area is 169 Å². The quantitative estimate of drug-likeness (QED) is 0.752. The number of carbonyl (C=O) groups excluding carboxylic acids is 1. The van der Waals surface area contributed by atoms with Gasteiger partial charge in [0.2, 0.25) is 0 Å². The highest BCUT2D eigenvalue weighted by Crippen LogP contribution is 2.24. The first-order valence-electron chi connectivity index (χ1n) is 9.31. The van der Waals surface area contributed by atoms with Crippen LogP contribution in [0, 0.1) is 6.92 Å². The summed E-state index contributed by atoms with van der Waals surface area (Å²) in [5.41, 5.74) is 3.10. The Morgan fingerprint density at radius 2 is 1.81 bits per heavy atom. The van der Waals surface area contributed by atoms with Gasteiger partial charge in [-0.15, -0.1) is 0 Å². The molecule has 5 nitrogen and oxygen atoms in total. The van der Waals surface area contributed by atoms with E-state index in [0.29, 0.717) is 5.75 Å². The predicted octanol–water partition coefficient (Wildman–Crippen LogP) is 3.92. The van der Waals surface area contributed by atoms with Gasteiger partial charge in [0.1, 0.15) is 5.75 Å². The SMILES string of the molecule is CCN1CCN(c2ccc(NC(=O)COc3ccc(Br)cc3)c(C)c2)CC1. The van der Waals surface area contributed by atoms with Crippen molar-refractivity contribution in [2.45, 2.75) is 13.8 Å². The second-order valence-corrected chi connectivity index (χ2v) is 7.63. The predicted molar refractivity (Wildman–Crippen MR) is 114 cm³/mol. The lowest BCUT2D eigenvalue weighted by molar-refractivity contribution is -0.118. The zero-order chi connectivity index (χ0) is 19.2. The van der Waals surface area contributed by atoms with E-state index in [1.54, 1.807) is 0 Å². The maximum absolute atomic E-state index is 12.2. The number of benzene rings is 2. The number of anilines is 2. The molecular weight excluding hydrogens is 406 g/mol. The molecule has 1 amide bonds. The Bertz CT molecular complexity index is 771. The van der Waals surface area contributed by atoms with Crippen LogP contribution in [0.15, 0.2) is 46.9 Å². The van der Waals surface area contributed by atoms with Gasteiger partial charge in [-0.2, -0.15) is 0 Å². The van der Waals surface area contributed by atoms with Crippen molar-refractivity contribution < 1.29 is 9.53 Å². The Hall–Kier alpha value is -2.05. The van der Waals surface area contributed by atoms with Crippen molar-refractivity contribution in [2.24, 2.45) is 0 Å². The van der Waals surface area contributed by atoms with Crippen LogP contribution in [0.2, 0.25) is 0 Å². The number of hydrogen-bond acceptors (Lipinski definition) is 4. The van der Waals surface area contributed by atoms with Crippen LogP contribution in [-0.4, -0.2) is 50.1 Å². The monoisotopic (exact) mass is 431 g/mol. The van der Waals surface area contributed by atoms with E-state index in [4.69, 9.17) is 4.74 Å². The number of aryl methyl sites for hydroxylation is 1. The van der Waals surface area contributed by atoms with E-state index in [1.165, 1.54) is 5.69 Å². The lowest BCUT2D eigenvalue weighted by Crippen LogP contribution is -2.46. The number of halogens is 1. The second-order valence-electron chi connectivity index (χ2n) is 6.71. The molecule has 1 saturated heterocycles. The van der Waals surface area contributed by atoms with Gasteiger partial charge in [0.25, 0.3) is 5.91 Å². The standard InChI is InChI=1S/C21H26BrN3O2/c1-3-24-10-12-25(13-11-24)18-6-9-20(16(2)14-18)23-21(26)15-27-19-7-4-17(22)5-8-19/h4-9,14H,3,10-13,15H2,1-2H3,(H,23,26). The van der Waals surface area contributed by atoms with Crippen molar-refractivity contribution in [3.63, 3.8) is 0 Å². The molecule has 0 unspecified atom stereocenters. The fourth-order valence-corrected chi connectivity index (χ4v) is 3.44. The molecule has 2 aromatic rings. The minimum atomic E-state index is -0.162. The number of ether oxygens (including phenoxy) is 1. The summed E-state index contributed by atoms with van der Waals surface area (Å²) < 4.78 is 6.51. The first-order valence-corrected chi connectivity index (χ1v) is 10.1. The van der Waals surface area contributed by atoms with E-state index in [-0.39, 0.29) is 12.5 Å². The molecular formula is C21H26BrN3O2. The molecule has 0 aliphatic carbocycles. The van der Waals surface area contributed by atoms with Gasteiger partial charge in [-0.05, 0) is 61.5 Å². The average molecular weight is 432 g/mol. The van der Waals surface area contributed by atoms with Gasteiger partial charge < -0.3 is 19.9 Å². The van der Waals surface area contributed by atoms with Gasteiger partial charge in [-0.1, -0.05) is 22.9 Å². The van der Waals surface area contributed by atoms with Crippen molar-refractivity contribution in [3.8, 4) is 5.75 Å². The molecule has 2 aromatic carbocycles. The summed E-state index contributed by atoms with van der Waals surface area (Å²) in [6, 6.07) is 13.6. The highest BCUT2D eigenvalue weighted by molar-refractivity contribution is 9.10. The number of amides is 1. The molecule has 0 bridgehead atoms. The van der Waals surface area contributed by atoms with Gasteiger partial charge in [-0.3, -0.25) is 4.79 Å². The van der Waals surface area contributed by atoms with E-state index >= 15 is 0 Å². The van der Waals surface area contributed by atoms with E-state index in [0.717, 1.165) is 48.4 Å². The van der Waals surface area contributed by atoms with Gasteiger partial charge >= 0.3 is 0 Å². The smallest absolute Gasteiger partial charge is 0.262 e. The van der Waals surface area contributed by atoms with Crippen LogP contribution in [0.4, 0.5) is 11.4 Å². The van der Waals surface area contributed by atoms with Crippen molar-refractivity contribution in [3.05, 3.63) is 52.5 Å². The first kappa shape index (κ1) is 19.7. The highest BCUT2D eigenvalue weighted by atomic mass is 79.9. The molecule has 144 valence electrons. The Balaban J connectivity index is 1.54. The lowest BCUT2D eigenvalue weighted by Gasteiger charge is -2.35. The maximum Gasteiger partial charge on any atom is 0.262 e. The zero-order valence-electron chi connectivity index (χ0n) is 15.9. The zero-order valence-corrected chi connectivity index (χ0v) is 17.5. The Morgan fingerprint density at radius 3 is 2.44 bits per heavy atom. The molecule has 1 heterocycles. The van der Waals surface area contributed by atoms with E-state index in [1.807, 2.05) is 37.3 Å². The van der Waals surface area contributed by atoms with Gasteiger partial charge in [0.05, 0.1) is 0 Å². The summed E-state index contributed by atoms with van der Waals surface area (Å²) in [5.74, 6) is 0.511. The molecule has 3 rings (SSSR count). The molecule has 1 aliphatic rings. The lowest BCUT2D eigenvalue weighted by atomic mass is 10.1. The van der Waals surface area contributed by atoms with Crippen LogP contribution in [0.5, 0.6) is 5.75 Å². The summed E-state index contributed by atoms with van der Waals surface area (Å²) in [6.45, 7) is 9.61. The van der Waals surface area contributed by atoms with Crippen molar-refractivity contribution in [2.75, 3.05) is 49.5 Å². The van der Waals surface area contributed by atoms with Gasteiger partial charge in [-0.25, -0.2) is 0 Å².